The standard InChI is InChI=1S/C28H25N2P/c1-22(31(23-12-4-2-5-13-23)24-14-6-3-7-15-24)19-20-27(29)25-16-8-9-17-26(25)28-18-10-11-21-30-28/h2-21H,29H2,1H3/b22-19+,27-20-. The van der Waals surface area contributed by atoms with E-state index in [0.717, 1.165) is 22.5 Å². The fourth-order valence-electron chi connectivity index (χ4n) is 3.57. The molecule has 0 aliphatic carbocycles. The van der Waals surface area contributed by atoms with Crippen molar-refractivity contribution in [2.75, 3.05) is 0 Å². The van der Waals surface area contributed by atoms with E-state index in [9.17, 15) is 0 Å². The molecule has 152 valence electrons. The van der Waals surface area contributed by atoms with E-state index in [1.807, 2.05) is 42.6 Å². The van der Waals surface area contributed by atoms with Crippen molar-refractivity contribution >= 4 is 24.2 Å². The summed E-state index contributed by atoms with van der Waals surface area (Å²) >= 11 is 0. The van der Waals surface area contributed by atoms with Crippen molar-refractivity contribution in [3.8, 4) is 11.3 Å². The predicted octanol–water partition coefficient (Wildman–Crippen LogP) is 6.08. The zero-order valence-electron chi connectivity index (χ0n) is 17.5. The lowest BCUT2D eigenvalue weighted by Gasteiger charge is -2.19. The second-order valence-electron chi connectivity index (χ2n) is 7.20. The third-order valence-electron chi connectivity index (χ3n) is 5.06. The summed E-state index contributed by atoms with van der Waals surface area (Å²) < 4.78 is 0. The van der Waals surface area contributed by atoms with Crippen LogP contribution in [-0.4, -0.2) is 4.98 Å². The molecule has 31 heavy (non-hydrogen) atoms. The van der Waals surface area contributed by atoms with Crippen LogP contribution < -0.4 is 16.3 Å². The molecule has 0 aliphatic heterocycles. The first-order valence-corrected chi connectivity index (χ1v) is 11.6. The van der Waals surface area contributed by atoms with Crippen LogP contribution in [0, 0.1) is 0 Å². The van der Waals surface area contributed by atoms with Gasteiger partial charge in [-0.25, -0.2) is 0 Å². The van der Waals surface area contributed by atoms with Gasteiger partial charge in [0.2, 0.25) is 0 Å². The number of nitrogens with two attached hydrogens (primary N) is 1. The minimum atomic E-state index is -0.615. The Kier molecular flexibility index (Phi) is 6.72. The van der Waals surface area contributed by atoms with Gasteiger partial charge in [-0.3, -0.25) is 4.98 Å². The van der Waals surface area contributed by atoms with Crippen molar-refractivity contribution in [2.24, 2.45) is 5.73 Å². The van der Waals surface area contributed by atoms with E-state index in [1.54, 1.807) is 0 Å². The summed E-state index contributed by atoms with van der Waals surface area (Å²) in [6.45, 7) is 2.19. The van der Waals surface area contributed by atoms with Gasteiger partial charge in [-0.2, -0.15) is 0 Å². The third kappa shape index (κ3) is 4.99. The molecule has 0 bridgehead atoms. The molecule has 0 unspecified atom stereocenters. The second-order valence-corrected chi connectivity index (χ2v) is 9.61. The first-order chi connectivity index (χ1) is 15.2. The minimum absolute atomic E-state index is 0.615. The van der Waals surface area contributed by atoms with Gasteiger partial charge in [-0.1, -0.05) is 97.1 Å². The molecule has 0 radical (unpaired) electrons. The number of benzene rings is 3. The van der Waals surface area contributed by atoms with Gasteiger partial charge in [0.15, 0.2) is 0 Å². The van der Waals surface area contributed by atoms with E-state index < -0.39 is 7.92 Å². The van der Waals surface area contributed by atoms with Crippen LogP contribution in [0.1, 0.15) is 12.5 Å². The largest absolute Gasteiger partial charge is 0.398 e. The molecular formula is C28H25N2P. The number of hydrogen-bond donors (Lipinski definition) is 1. The normalized spacial score (nSPS) is 12.2. The van der Waals surface area contributed by atoms with E-state index in [0.29, 0.717) is 0 Å². The van der Waals surface area contributed by atoms with Crippen LogP contribution in [0.4, 0.5) is 0 Å². The lowest BCUT2D eigenvalue weighted by atomic mass is 10.0. The third-order valence-corrected chi connectivity index (χ3v) is 7.55. The first kappa shape index (κ1) is 20.8. The highest BCUT2D eigenvalue weighted by atomic mass is 31.1. The Balaban J connectivity index is 1.71. The van der Waals surface area contributed by atoms with E-state index in [4.69, 9.17) is 5.73 Å². The molecule has 2 N–H and O–H groups in total. The van der Waals surface area contributed by atoms with E-state index in [1.165, 1.54) is 15.9 Å². The minimum Gasteiger partial charge on any atom is -0.398 e. The Labute approximate surface area is 185 Å². The lowest BCUT2D eigenvalue weighted by Crippen LogP contribution is -2.11. The number of nitrogens with zero attached hydrogens (tertiary/aromatic N) is 1. The second kappa shape index (κ2) is 10.0. The van der Waals surface area contributed by atoms with Gasteiger partial charge < -0.3 is 5.73 Å². The smallest absolute Gasteiger partial charge is 0.0708 e. The number of pyridine rings is 1. The van der Waals surface area contributed by atoms with Gasteiger partial charge in [0, 0.05) is 23.0 Å². The van der Waals surface area contributed by atoms with Crippen LogP contribution in [-0.2, 0) is 0 Å². The Bertz CT molecular complexity index is 1140. The summed E-state index contributed by atoms with van der Waals surface area (Å²) in [6.07, 6.45) is 6.00. The van der Waals surface area contributed by atoms with Crippen molar-refractivity contribution in [1.29, 1.82) is 0 Å². The summed E-state index contributed by atoms with van der Waals surface area (Å²) in [7, 11) is -0.615. The molecule has 3 heteroatoms. The maximum atomic E-state index is 6.55. The summed E-state index contributed by atoms with van der Waals surface area (Å²) in [5, 5.41) is 3.96. The Morgan fingerprint density at radius 2 is 1.29 bits per heavy atom. The average Bonchev–Trinajstić information content (AvgIpc) is 2.84. The predicted molar refractivity (Wildman–Crippen MR) is 135 cm³/mol. The van der Waals surface area contributed by atoms with Gasteiger partial charge in [-0.15, -0.1) is 0 Å². The molecule has 0 spiro atoms. The molecule has 4 aromatic rings. The zero-order chi connectivity index (χ0) is 21.5. The van der Waals surface area contributed by atoms with Crippen LogP contribution in [0.5, 0.6) is 0 Å². The van der Waals surface area contributed by atoms with Gasteiger partial charge in [0.05, 0.1) is 5.69 Å². The molecule has 0 atom stereocenters. The van der Waals surface area contributed by atoms with Gasteiger partial charge in [0.1, 0.15) is 0 Å². The number of rotatable bonds is 6. The number of hydrogen-bond acceptors (Lipinski definition) is 2. The van der Waals surface area contributed by atoms with Crippen LogP contribution in [0.25, 0.3) is 17.0 Å². The molecule has 1 aromatic heterocycles. The number of aromatic nitrogens is 1. The Morgan fingerprint density at radius 3 is 1.90 bits per heavy atom. The van der Waals surface area contributed by atoms with Crippen LogP contribution in [0.15, 0.2) is 127 Å². The van der Waals surface area contributed by atoms with Crippen molar-refractivity contribution in [1.82, 2.24) is 4.98 Å². The van der Waals surface area contributed by atoms with Crippen molar-refractivity contribution in [3.63, 3.8) is 0 Å². The molecule has 0 saturated heterocycles. The Hall–Kier alpha value is -3.48. The van der Waals surface area contributed by atoms with Crippen molar-refractivity contribution in [2.45, 2.75) is 6.92 Å². The van der Waals surface area contributed by atoms with Gasteiger partial charge >= 0.3 is 0 Å². The van der Waals surface area contributed by atoms with Gasteiger partial charge in [-0.05, 0) is 49.0 Å². The number of allylic oxidation sites excluding steroid dienone is 3. The summed E-state index contributed by atoms with van der Waals surface area (Å²) in [5.74, 6) is 0. The molecule has 0 fully saturated rings. The topological polar surface area (TPSA) is 38.9 Å². The summed E-state index contributed by atoms with van der Waals surface area (Å²) in [4.78, 5) is 4.50. The average molecular weight is 420 g/mol. The molecular weight excluding hydrogens is 395 g/mol. The maximum absolute atomic E-state index is 6.55. The molecule has 4 rings (SSSR count). The van der Waals surface area contributed by atoms with Crippen LogP contribution >= 0.6 is 7.92 Å². The summed E-state index contributed by atoms with van der Waals surface area (Å²) in [5.41, 5.74) is 10.2. The molecule has 0 aliphatic rings. The molecule has 1 heterocycles. The highest BCUT2D eigenvalue weighted by molar-refractivity contribution is 7.76. The summed E-state index contributed by atoms with van der Waals surface area (Å²) in [6, 6.07) is 35.5. The monoisotopic (exact) mass is 420 g/mol. The van der Waals surface area contributed by atoms with Crippen molar-refractivity contribution < 1.29 is 0 Å². The van der Waals surface area contributed by atoms with Crippen LogP contribution in [0.3, 0.4) is 0 Å². The van der Waals surface area contributed by atoms with E-state index in [2.05, 4.69) is 90.8 Å². The fraction of sp³-hybridized carbons (Fsp3) is 0.0357. The van der Waals surface area contributed by atoms with Gasteiger partial charge in [0.25, 0.3) is 0 Å². The van der Waals surface area contributed by atoms with Crippen molar-refractivity contribution in [3.05, 3.63) is 132 Å². The lowest BCUT2D eigenvalue weighted by molar-refractivity contribution is 1.32. The molecule has 0 amide bonds. The molecule has 2 nitrogen and oxygen atoms in total. The molecule has 0 saturated carbocycles. The quantitative estimate of drug-likeness (QED) is 0.303. The SMILES string of the molecule is C/C(=C\C=C(/N)c1ccccc1-c1ccccn1)P(c1ccccc1)c1ccccc1. The Morgan fingerprint density at radius 1 is 0.710 bits per heavy atom. The zero-order valence-corrected chi connectivity index (χ0v) is 18.4. The van der Waals surface area contributed by atoms with Crippen LogP contribution in [0.2, 0.25) is 0 Å². The highest BCUT2D eigenvalue weighted by Crippen LogP contribution is 2.42. The first-order valence-electron chi connectivity index (χ1n) is 10.3. The van der Waals surface area contributed by atoms with E-state index >= 15 is 0 Å². The fourth-order valence-corrected chi connectivity index (χ4v) is 5.84. The molecule has 3 aromatic carbocycles. The maximum Gasteiger partial charge on any atom is 0.0708 e. The highest BCUT2D eigenvalue weighted by Gasteiger charge is 2.15. The van der Waals surface area contributed by atoms with E-state index in [-0.39, 0.29) is 0 Å².